The molecule has 0 aliphatic heterocycles. The predicted octanol–water partition coefficient (Wildman–Crippen LogP) is 7.15. The maximum Gasteiger partial charge on any atom is 0.305 e. The lowest BCUT2D eigenvalue weighted by Gasteiger charge is -2.31. The third-order valence-electron chi connectivity index (χ3n) is 6.02. The monoisotopic (exact) mass is 590 g/mol. The van der Waals surface area contributed by atoms with Crippen molar-refractivity contribution in [3.63, 3.8) is 0 Å². The Balaban J connectivity index is 2.63. The maximum absolute atomic E-state index is 11.5. The molecule has 0 aliphatic carbocycles. The van der Waals surface area contributed by atoms with Gasteiger partial charge in [-0.15, -0.1) is 0 Å². The van der Waals surface area contributed by atoms with Crippen LogP contribution in [0.1, 0.15) is 71.3 Å². The Bertz CT molecular complexity index is 839. The van der Waals surface area contributed by atoms with E-state index in [1.807, 2.05) is 50.3 Å². The zero-order valence-electron chi connectivity index (χ0n) is 26.1. The molecule has 0 bridgehead atoms. The van der Waals surface area contributed by atoms with Crippen molar-refractivity contribution in [1.82, 2.24) is 0 Å². The van der Waals surface area contributed by atoms with Crippen LogP contribution in [-0.4, -0.2) is 65.4 Å². The van der Waals surface area contributed by atoms with Crippen LogP contribution >= 0.6 is 0 Å². The molecule has 238 valence electrons. The first kappa shape index (κ1) is 37.2. The van der Waals surface area contributed by atoms with Crippen LogP contribution in [0.3, 0.4) is 0 Å². The second-order valence-corrected chi connectivity index (χ2v) is 9.99. The highest BCUT2D eigenvalue weighted by Crippen LogP contribution is 2.22. The van der Waals surface area contributed by atoms with Crippen LogP contribution in [0, 0.1) is 5.41 Å². The summed E-state index contributed by atoms with van der Waals surface area (Å²) in [7, 11) is 0. The summed E-state index contributed by atoms with van der Waals surface area (Å²) in [6.45, 7) is 10.9. The minimum absolute atomic E-state index is 0.173. The number of esters is 1. The normalized spacial score (nSPS) is 13.1. The maximum atomic E-state index is 11.5. The summed E-state index contributed by atoms with van der Waals surface area (Å²) >= 11 is 0. The van der Waals surface area contributed by atoms with Crippen LogP contribution in [-0.2, 0) is 44.6 Å². The van der Waals surface area contributed by atoms with Crippen molar-refractivity contribution in [2.45, 2.75) is 72.3 Å². The summed E-state index contributed by atoms with van der Waals surface area (Å²) < 4.78 is 40.0. The molecule has 0 saturated heterocycles. The Labute approximate surface area is 254 Å². The number of hydrogen-bond donors (Lipinski definition) is 0. The van der Waals surface area contributed by atoms with Gasteiger partial charge >= 0.3 is 5.97 Å². The first-order valence-corrected chi connectivity index (χ1v) is 15.4. The van der Waals surface area contributed by atoms with Gasteiger partial charge in [-0.1, -0.05) is 43.7 Å². The van der Waals surface area contributed by atoms with Crippen molar-refractivity contribution in [1.29, 1.82) is 0 Å². The largest absolute Gasteiger partial charge is 0.501 e. The number of carbonyl (C=O) groups excluding carboxylic acids is 1. The van der Waals surface area contributed by atoms with Gasteiger partial charge in [0.15, 0.2) is 0 Å². The second kappa shape index (κ2) is 27.0. The molecule has 0 spiro atoms. The number of carbonyl (C=O) groups is 1. The summed E-state index contributed by atoms with van der Waals surface area (Å²) in [4.78, 5) is 11.5. The first-order chi connectivity index (χ1) is 20.7. The van der Waals surface area contributed by atoms with Gasteiger partial charge < -0.3 is 33.2 Å². The van der Waals surface area contributed by atoms with Gasteiger partial charge in [0.1, 0.15) is 19.8 Å². The lowest BCUT2D eigenvalue weighted by molar-refractivity contribution is -0.143. The number of ether oxygens (including phenoxy) is 7. The standard InChI is InChI=1S/C34H54O8/c1-4-7-13-22-38-28-34(31-41-26-17-25-36-5-2,29-39-23-14-9-12-20-33(35)42-6-3)30-40-24-16-15-21-37-27-32-18-10-8-11-19-32/h8,10-11,13-14,17-19,22-23,26H,4-7,9,12,15-16,20-21,24-25,27-31H2,1-3H3/b22-13+,23-14+,26-17+. The van der Waals surface area contributed by atoms with Crippen LogP contribution in [0.4, 0.5) is 0 Å². The molecule has 1 aromatic carbocycles. The van der Waals surface area contributed by atoms with E-state index >= 15 is 0 Å². The quantitative estimate of drug-likeness (QED) is 0.0578. The highest BCUT2D eigenvalue weighted by Gasteiger charge is 2.33. The zero-order chi connectivity index (χ0) is 30.4. The van der Waals surface area contributed by atoms with E-state index < -0.39 is 5.41 Å². The minimum Gasteiger partial charge on any atom is -0.501 e. The Kier molecular flexibility index (Phi) is 24.0. The number of hydrogen-bond acceptors (Lipinski definition) is 8. The molecule has 0 N–H and O–H groups in total. The molecule has 8 nitrogen and oxygen atoms in total. The molecule has 0 amide bonds. The van der Waals surface area contributed by atoms with E-state index in [1.165, 1.54) is 5.56 Å². The van der Waals surface area contributed by atoms with Crippen LogP contribution in [0.25, 0.3) is 0 Å². The fourth-order valence-corrected chi connectivity index (χ4v) is 3.72. The molecule has 1 rings (SSSR count). The van der Waals surface area contributed by atoms with Gasteiger partial charge in [0.2, 0.25) is 0 Å². The van der Waals surface area contributed by atoms with E-state index in [2.05, 4.69) is 19.1 Å². The predicted molar refractivity (Wildman–Crippen MR) is 166 cm³/mol. The highest BCUT2D eigenvalue weighted by molar-refractivity contribution is 5.69. The molecule has 0 heterocycles. The minimum atomic E-state index is -0.536. The molecule has 0 aromatic heterocycles. The number of rotatable bonds is 28. The number of allylic oxidation sites excluding steroid dienone is 2. The lowest BCUT2D eigenvalue weighted by Crippen LogP contribution is -2.40. The van der Waals surface area contributed by atoms with E-state index in [4.69, 9.17) is 33.2 Å². The topological polar surface area (TPSA) is 81.7 Å². The van der Waals surface area contributed by atoms with E-state index in [-0.39, 0.29) is 5.97 Å². The molecular formula is C34H54O8. The zero-order valence-corrected chi connectivity index (χ0v) is 26.1. The number of benzene rings is 1. The van der Waals surface area contributed by atoms with E-state index in [9.17, 15) is 4.79 Å². The molecule has 0 radical (unpaired) electrons. The first-order valence-electron chi connectivity index (χ1n) is 15.4. The molecule has 42 heavy (non-hydrogen) atoms. The summed E-state index contributed by atoms with van der Waals surface area (Å²) in [5.74, 6) is -0.173. The van der Waals surface area contributed by atoms with Crippen LogP contribution in [0.2, 0.25) is 0 Å². The average Bonchev–Trinajstić information content (AvgIpc) is 3.00. The highest BCUT2D eigenvalue weighted by atomic mass is 16.5. The molecule has 1 aromatic rings. The Morgan fingerprint density at radius 3 is 2.00 bits per heavy atom. The fourth-order valence-electron chi connectivity index (χ4n) is 3.72. The van der Waals surface area contributed by atoms with Crippen molar-refractivity contribution >= 4 is 5.97 Å². The smallest absolute Gasteiger partial charge is 0.305 e. The summed E-state index contributed by atoms with van der Waals surface area (Å²) in [6, 6.07) is 10.2. The number of unbranched alkanes of at least 4 members (excludes halogenated alkanes) is 3. The van der Waals surface area contributed by atoms with Gasteiger partial charge in [-0.3, -0.25) is 4.79 Å². The third-order valence-corrected chi connectivity index (χ3v) is 6.02. The van der Waals surface area contributed by atoms with Crippen molar-refractivity contribution in [2.75, 3.05) is 59.5 Å². The summed E-state index contributed by atoms with van der Waals surface area (Å²) in [5, 5.41) is 0. The SMILES string of the molecule is CCC/C=C/OCC(CO/C=C/CCCC(=O)OCC)(CO/C=C/COCC)COCCCCOCc1ccccc1. The van der Waals surface area contributed by atoms with E-state index in [0.29, 0.717) is 78.9 Å². The fraction of sp³-hybridized carbons (Fsp3) is 0.618. The van der Waals surface area contributed by atoms with Gasteiger partial charge in [-0.25, -0.2) is 0 Å². The van der Waals surface area contributed by atoms with Crippen molar-refractivity contribution in [3.05, 3.63) is 72.9 Å². The van der Waals surface area contributed by atoms with Crippen LogP contribution < -0.4 is 0 Å². The third kappa shape index (κ3) is 21.0. The molecule has 0 aliphatic rings. The molecule has 8 heteroatoms. The van der Waals surface area contributed by atoms with Gasteiger partial charge in [0.05, 0.1) is 50.6 Å². The molecule has 0 fully saturated rings. The lowest BCUT2D eigenvalue weighted by atomic mass is 9.92. The van der Waals surface area contributed by atoms with Crippen molar-refractivity contribution < 1.29 is 38.0 Å². The van der Waals surface area contributed by atoms with Crippen LogP contribution in [0.5, 0.6) is 0 Å². The van der Waals surface area contributed by atoms with Crippen molar-refractivity contribution in [2.24, 2.45) is 5.41 Å². The van der Waals surface area contributed by atoms with Crippen LogP contribution in [0.15, 0.2) is 67.3 Å². The molecule has 0 saturated carbocycles. The van der Waals surface area contributed by atoms with Gasteiger partial charge in [-0.05, 0) is 69.7 Å². The Morgan fingerprint density at radius 1 is 0.714 bits per heavy atom. The van der Waals surface area contributed by atoms with Gasteiger partial charge in [0, 0.05) is 26.2 Å². The van der Waals surface area contributed by atoms with E-state index in [0.717, 1.165) is 32.1 Å². The molecular weight excluding hydrogens is 536 g/mol. The molecule has 1 unspecified atom stereocenters. The summed E-state index contributed by atoms with van der Waals surface area (Å²) in [6.07, 6.45) is 16.5. The van der Waals surface area contributed by atoms with Gasteiger partial charge in [0.25, 0.3) is 0 Å². The molecule has 1 atom stereocenters. The Morgan fingerprint density at radius 2 is 1.36 bits per heavy atom. The van der Waals surface area contributed by atoms with E-state index in [1.54, 1.807) is 18.8 Å². The van der Waals surface area contributed by atoms with Gasteiger partial charge in [-0.2, -0.15) is 0 Å². The average molecular weight is 591 g/mol. The second-order valence-electron chi connectivity index (χ2n) is 9.99. The summed E-state index contributed by atoms with van der Waals surface area (Å²) in [5.41, 5.74) is 0.640. The Hall–Kier alpha value is -2.81. The van der Waals surface area contributed by atoms with Crippen molar-refractivity contribution in [3.8, 4) is 0 Å².